The third-order valence-electron chi connectivity index (χ3n) is 5.10. The van der Waals surface area contributed by atoms with E-state index in [9.17, 15) is 18.4 Å². The summed E-state index contributed by atoms with van der Waals surface area (Å²) in [5.41, 5.74) is 0.144. The normalized spacial score (nSPS) is 17.8. The topological polar surface area (TPSA) is 65.1 Å². The highest BCUT2D eigenvalue weighted by Crippen LogP contribution is 2.22. The van der Waals surface area contributed by atoms with Gasteiger partial charge < -0.3 is 19.9 Å². The molecule has 0 bridgehead atoms. The molecule has 0 aromatic heterocycles. The Balaban J connectivity index is 0.00000300. The predicted octanol–water partition coefficient (Wildman–Crippen LogP) is 1.29. The molecule has 2 saturated heterocycles. The zero-order valence-corrected chi connectivity index (χ0v) is 17.0. The van der Waals surface area contributed by atoms with Gasteiger partial charge in [0.1, 0.15) is 5.75 Å². The lowest BCUT2D eigenvalue weighted by atomic mass is 10.1. The van der Waals surface area contributed by atoms with Gasteiger partial charge in [0.2, 0.25) is 5.91 Å². The molecule has 2 amide bonds. The average molecular weight is 433 g/mol. The van der Waals surface area contributed by atoms with Crippen LogP contribution in [0.4, 0.5) is 8.78 Å². The van der Waals surface area contributed by atoms with Crippen molar-refractivity contribution in [3.05, 3.63) is 29.8 Å². The summed E-state index contributed by atoms with van der Waals surface area (Å²) in [5, 5.41) is 3.23. The third-order valence-corrected chi connectivity index (χ3v) is 5.10. The minimum absolute atomic E-state index is 0. The molecule has 0 unspecified atom stereocenters. The molecule has 2 fully saturated rings. The maximum absolute atomic E-state index is 12.7. The van der Waals surface area contributed by atoms with E-state index >= 15 is 0 Å². The monoisotopic (exact) mass is 432 g/mol. The summed E-state index contributed by atoms with van der Waals surface area (Å²) in [7, 11) is 0. The zero-order chi connectivity index (χ0) is 19.9. The van der Waals surface area contributed by atoms with E-state index in [1.165, 1.54) is 12.1 Å². The summed E-state index contributed by atoms with van der Waals surface area (Å²) in [6.45, 7) is 3.15. The lowest BCUT2D eigenvalue weighted by Crippen LogP contribution is -2.50. The first-order valence-corrected chi connectivity index (χ1v) is 9.58. The molecule has 1 aromatic carbocycles. The van der Waals surface area contributed by atoms with Gasteiger partial charge in [0, 0.05) is 65.3 Å². The highest BCUT2D eigenvalue weighted by Gasteiger charge is 2.25. The summed E-state index contributed by atoms with van der Waals surface area (Å²) < 4.78 is 29.6. The largest absolute Gasteiger partial charge is 0.434 e. The highest BCUT2D eigenvalue weighted by atomic mass is 35.5. The number of amides is 2. The van der Waals surface area contributed by atoms with Crippen LogP contribution in [0.15, 0.2) is 24.3 Å². The molecule has 29 heavy (non-hydrogen) atoms. The predicted molar refractivity (Wildman–Crippen MR) is 107 cm³/mol. The molecule has 0 aliphatic carbocycles. The Morgan fingerprint density at radius 3 is 2.31 bits per heavy atom. The number of halogens is 3. The summed E-state index contributed by atoms with van der Waals surface area (Å²) >= 11 is 0. The fraction of sp³-hybridized carbons (Fsp3) is 0.579. The number of carbonyl (C=O) groups excluding carboxylic acids is 2. The van der Waals surface area contributed by atoms with Crippen LogP contribution < -0.4 is 10.1 Å². The Bertz CT molecular complexity index is 681. The summed E-state index contributed by atoms with van der Waals surface area (Å²) in [4.78, 5) is 30.6. The fourth-order valence-electron chi connectivity index (χ4n) is 3.51. The number of nitrogens with zero attached hydrogens (tertiary/aromatic N) is 3. The summed E-state index contributed by atoms with van der Waals surface area (Å²) in [5.74, 6) is -0.252. The first-order valence-electron chi connectivity index (χ1n) is 9.58. The number of benzene rings is 1. The van der Waals surface area contributed by atoms with Crippen LogP contribution in [0.3, 0.4) is 0 Å². The summed E-state index contributed by atoms with van der Waals surface area (Å²) in [6.07, 6.45) is 0.471. The van der Waals surface area contributed by atoms with E-state index in [2.05, 4.69) is 15.0 Å². The Kier molecular flexibility index (Phi) is 9.06. The Labute approximate surface area is 175 Å². The number of hydrogen-bond donors (Lipinski definition) is 1. The number of nitrogens with one attached hydrogen (secondary N) is 1. The van der Waals surface area contributed by atoms with Gasteiger partial charge in [-0.25, -0.2) is 0 Å². The molecule has 0 atom stereocenters. The molecule has 0 radical (unpaired) electrons. The molecule has 2 aliphatic heterocycles. The van der Waals surface area contributed by atoms with E-state index in [0.29, 0.717) is 39.1 Å². The van der Waals surface area contributed by atoms with Gasteiger partial charge in [0.15, 0.2) is 0 Å². The number of carbonyl (C=O) groups is 2. The third kappa shape index (κ3) is 6.52. The van der Waals surface area contributed by atoms with E-state index in [0.717, 1.165) is 26.2 Å². The molecule has 10 heteroatoms. The van der Waals surface area contributed by atoms with E-state index in [1.807, 2.05) is 4.90 Å². The Morgan fingerprint density at radius 2 is 1.66 bits per heavy atom. The second-order valence-electron chi connectivity index (χ2n) is 6.89. The molecule has 162 valence electrons. The Hall–Kier alpha value is -1.97. The minimum Gasteiger partial charge on any atom is -0.434 e. The first-order chi connectivity index (χ1) is 13.5. The number of hydrogen-bond acceptors (Lipinski definition) is 5. The van der Waals surface area contributed by atoms with Crippen LogP contribution in [0, 0.1) is 0 Å². The molecule has 7 nitrogen and oxygen atoms in total. The van der Waals surface area contributed by atoms with Crippen molar-refractivity contribution in [3.8, 4) is 5.75 Å². The first kappa shape index (κ1) is 23.3. The number of ether oxygens (including phenoxy) is 1. The number of piperazine rings is 2. The molecule has 1 N–H and O–H groups in total. The van der Waals surface area contributed by atoms with Gasteiger partial charge in [-0.15, -0.1) is 12.4 Å². The van der Waals surface area contributed by atoms with Gasteiger partial charge in [-0.2, -0.15) is 8.78 Å². The van der Waals surface area contributed by atoms with Gasteiger partial charge >= 0.3 is 6.61 Å². The average Bonchev–Trinajstić information content (AvgIpc) is 2.72. The Morgan fingerprint density at radius 1 is 1.00 bits per heavy atom. The SMILES string of the molecule is Cl.O=C(CCN1CCN(C(=O)c2ccccc2OC(F)F)CC1)N1CCNCC1. The molecule has 3 rings (SSSR count). The number of rotatable bonds is 6. The van der Waals surface area contributed by atoms with Gasteiger partial charge in [0.05, 0.1) is 5.56 Å². The van der Waals surface area contributed by atoms with E-state index in [-0.39, 0.29) is 35.5 Å². The van der Waals surface area contributed by atoms with Gasteiger partial charge in [0.25, 0.3) is 5.91 Å². The maximum Gasteiger partial charge on any atom is 0.387 e. The smallest absolute Gasteiger partial charge is 0.387 e. The minimum atomic E-state index is -2.97. The van der Waals surface area contributed by atoms with Crippen molar-refractivity contribution >= 4 is 24.2 Å². The van der Waals surface area contributed by atoms with Gasteiger partial charge in [-0.05, 0) is 12.1 Å². The molecule has 2 heterocycles. The fourth-order valence-corrected chi connectivity index (χ4v) is 3.51. The van der Waals surface area contributed by atoms with Crippen molar-refractivity contribution in [1.29, 1.82) is 0 Å². The van der Waals surface area contributed by atoms with Crippen LogP contribution in [-0.4, -0.2) is 92.0 Å². The lowest BCUT2D eigenvalue weighted by Gasteiger charge is -2.35. The van der Waals surface area contributed by atoms with Crippen molar-refractivity contribution in [1.82, 2.24) is 20.0 Å². The standard InChI is InChI=1S/C19H26F2N4O3.ClH/c20-19(21)28-16-4-2-1-3-15(16)18(27)25-13-11-23(12-14-25)8-5-17(26)24-9-6-22-7-10-24;/h1-4,19,22H,5-14H2;1H. The van der Waals surface area contributed by atoms with E-state index in [1.54, 1.807) is 17.0 Å². The van der Waals surface area contributed by atoms with Crippen LogP contribution >= 0.6 is 12.4 Å². The van der Waals surface area contributed by atoms with Crippen LogP contribution in [0.25, 0.3) is 0 Å². The van der Waals surface area contributed by atoms with Gasteiger partial charge in [-0.1, -0.05) is 12.1 Å². The number of para-hydroxylation sites is 1. The highest BCUT2D eigenvalue weighted by molar-refractivity contribution is 5.97. The van der Waals surface area contributed by atoms with Crippen molar-refractivity contribution in [3.63, 3.8) is 0 Å². The molecular weight excluding hydrogens is 406 g/mol. The van der Waals surface area contributed by atoms with Gasteiger partial charge in [-0.3, -0.25) is 14.5 Å². The molecular formula is C19H27ClF2N4O3. The maximum atomic E-state index is 12.7. The van der Waals surface area contributed by atoms with E-state index in [4.69, 9.17) is 0 Å². The van der Waals surface area contributed by atoms with Crippen molar-refractivity contribution < 1.29 is 23.1 Å². The van der Waals surface area contributed by atoms with Crippen molar-refractivity contribution in [2.75, 3.05) is 58.9 Å². The van der Waals surface area contributed by atoms with E-state index < -0.39 is 6.61 Å². The summed E-state index contributed by atoms with van der Waals surface area (Å²) in [6, 6.07) is 6.06. The number of alkyl halides is 2. The van der Waals surface area contributed by atoms with Crippen molar-refractivity contribution in [2.45, 2.75) is 13.0 Å². The van der Waals surface area contributed by atoms with Crippen LogP contribution in [0.1, 0.15) is 16.8 Å². The molecule has 0 spiro atoms. The second-order valence-corrected chi connectivity index (χ2v) is 6.89. The van der Waals surface area contributed by atoms with Crippen LogP contribution in [-0.2, 0) is 4.79 Å². The van der Waals surface area contributed by atoms with Crippen LogP contribution in [0.5, 0.6) is 5.75 Å². The van der Waals surface area contributed by atoms with Crippen molar-refractivity contribution in [2.24, 2.45) is 0 Å². The molecule has 2 aliphatic rings. The molecule has 0 saturated carbocycles. The lowest BCUT2D eigenvalue weighted by molar-refractivity contribution is -0.132. The second kappa shape index (κ2) is 11.3. The van der Waals surface area contributed by atoms with Crippen LogP contribution in [0.2, 0.25) is 0 Å². The molecule has 1 aromatic rings. The zero-order valence-electron chi connectivity index (χ0n) is 16.2. The quantitative estimate of drug-likeness (QED) is 0.734.